The summed E-state index contributed by atoms with van der Waals surface area (Å²) in [7, 11) is 0. The van der Waals surface area contributed by atoms with Crippen molar-refractivity contribution in [3.8, 4) is 0 Å². The van der Waals surface area contributed by atoms with E-state index < -0.39 is 0 Å². The van der Waals surface area contributed by atoms with Gasteiger partial charge in [-0.3, -0.25) is 9.47 Å². The molecule has 0 aliphatic heterocycles. The summed E-state index contributed by atoms with van der Waals surface area (Å²) in [5.41, 5.74) is 5.29. The highest BCUT2D eigenvalue weighted by molar-refractivity contribution is 5.79. The molecule has 0 aliphatic rings. The van der Waals surface area contributed by atoms with Crippen molar-refractivity contribution in [3.05, 3.63) is 23.5 Å². The van der Waals surface area contributed by atoms with Crippen LogP contribution in [-0.4, -0.2) is 23.7 Å². The maximum Gasteiger partial charge on any atom is 0.240 e. The van der Waals surface area contributed by atoms with Crippen LogP contribution in [0.15, 0.2) is 12.1 Å². The number of rotatable bonds is 5. The Balaban J connectivity index is 2.40. The Morgan fingerprint density at radius 1 is 1.33 bits per heavy atom. The summed E-state index contributed by atoms with van der Waals surface area (Å²) in [4.78, 5) is 11.3. The van der Waals surface area contributed by atoms with Gasteiger partial charge >= 0.3 is 0 Å². The summed E-state index contributed by atoms with van der Waals surface area (Å²) in [6.45, 7) is 7.10. The van der Waals surface area contributed by atoms with Crippen LogP contribution in [0.4, 0.5) is 0 Å². The molecule has 15 heavy (non-hydrogen) atoms. The van der Waals surface area contributed by atoms with E-state index in [2.05, 4.69) is 10.7 Å². The molecule has 1 amide bonds. The summed E-state index contributed by atoms with van der Waals surface area (Å²) in [6.07, 6.45) is 0.966. The third-order valence-electron chi connectivity index (χ3n) is 2.24. The fourth-order valence-corrected chi connectivity index (χ4v) is 1.40. The fraction of sp³-hybridized carbons (Fsp3) is 0.545. The molecular weight excluding hydrogens is 190 g/mol. The summed E-state index contributed by atoms with van der Waals surface area (Å²) >= 11 is 0. The first-order valence-electron chi connectivity index (χ1n) is 5.30. The minimum Gasteiger partial charge on any atom is -0.355 e. The van der Waals surface area contributed by atoms with E-state index in [0.717, 1.165) is 24.4 Å². The Kier molecular flexibility index (Phi) is 4.21. The minimum atomic E-state index is 0.0318. The van der Waals surface area contributed by atoms with E-state index in [0.29, 0.717) is 6.54 Å². The third kappa shape index (κ3) is 3.31. The lowest BCUT2D eigenvalue weighted by Crippen LogP contribution is -2.34. The molecule has 0 aliphatic carbocycles. The van der Waals surface area contributed by atoms with Crippen molar-refractivity contribution < 1.29 is 4.79 Å². The van der Waals surface area contributed by atoms with E-state index >= 15 is 0 Å². The molecule has 0 fully saturated rings. The Morgan fingerprint density at radius 2 is 1.93 bits per heavy atom. The molecule has 2 N–H and O–H groups in total. The van der Waals surface area contributed by atoms with Crippen molar-refractivity contribution in [2.45, 2.75) is 27.2 Å². The van der Waals surface area contributed by atoms with Gasteiger partial charge in [0.2, 0.25) is 5.91 Å². The number of aryl methyl sites for hydroxylation is 2. The van der Waals surface area contributed by atoms with Gasteiger partial charge in [-0.25, -0.2) is 0 Å². The molecule has 0 spiro atoms. The Bertz CT molecular complexity index is 311. The van der Waals surface area contributed by atoms with E-state index in [1.165, 1.54) is 0 Å². The first-order chi connectivity index (χ1) is 7.15. The maximum absolute atomic E-state index is 11.3. The Morgan fingerprint density at radius 3 is 2.47 bits per heavy atom. The predicted molar refractivity (Wildman–Crippen MR) is 61.4 cm³/mol. The van der Waals surface area contributed by atoms with Crippen LogP contribution < -0.4 is 10.7 Å². The van der Waals surface area contributed by atoms with Crippen molar-refractivity contribution >= 4 is 5.91 Å². The highest BCUT2D eigenvalue weighted by atomic mass is 16.2. The van der Waals surface area contributed by atoms with Gasteiger partial charge in [-0.15, -0.1) is 0 Å². The van der Waals surface area contributed by atoms with Gasteiger partial charge in [-0.2, -0.15) is 0 Å². The van der Waals surface area contributed by atoms with Crippen LogP contribution in [0.2, 0.25) is 0 Å². The molecule has 4 nitrogen and oxygen atoms in total. The lowest BCUT2D eigenvalue weighted by Gasteiger charge is -2.12. The topological polar surface area (TPSA) is 46.1 Å². The molecule has 4 heteroatoms. The molecule has 1 heterocycles. The third-order valence-corrected chi connectivity index (χ3v) is 2.24. The number of carbonyl (C=O) groups excluding carboxylic acids is 1. The van der Waals surface area contributed by atoms with Crippen molar-refractivity contribution in [2.75, 3.05) is 18.5 Å². The average molecular weight is 209 g/mol. The van der Waals surface area contributed by atoms with Crippen LogP contribution in [-0.2, 0) is 4.79 Å². The summed E-state index contributed by atoms with van der Waals surface area (Å²) in [6, 6.07) is 4.04. The lowest BCUT2D eigenvalue weighted by atomic mass is 10.4. The second kappa shape index (κ2) is 5.44. The SMILES string of the molecule is CCCNC(=O)CNn1c(C)ccc1C. The van der Waals surface area contributed by atoms with Gasteiger partial charge in [0.15, 0.2) is 0 Å². The second-order valence-corrected chi connectivity index (χ2v) is 3.64. The molecule has 0 unspecified atom stereocenters. The van der Waals surface area contributed by atoms with E-state index in [-0.39, 0.29) is 5.91 Å². The van der Waals surface area contributed by atoms with Gasteiger partial charge in [0.1, 0.15) is 6.54 Å². The maximum atomic E-state index is 11.3. The summed E-state index contributed by atoms with van der Waals surface area (Å²) < 4.78 is 1.92. The molecular formula is C11H19N3O. The van der Waals surface area contributed by atoms with Crippen LogP contribution in [0.5, 0.6) is 0 Å². The van der Waals surface area contributed by atoms with Crippen LogP contribution in [0.25, 0.3) is 0 Å². The molecule has 0 saturated carbocycles. The zero-order valence-corrected chi connectivity index (χ0v) is 9.63. The minimum absolute atomic E-state index is 0.0318. The standard InChI is InChI=1S/C11H19N3O/c1-4-7-12-11(15)8-13-14-9(2)5-6-10(14)3/h5-6,13H,4,7-8H2,1-3H3,(H,12,15). The van der Waals surface area contributed by atoms with Gasteiger partial charge in [-0.05, 0) is 32.4 Å². The largest absolute Gasteiger partial charge is 0.355 e. The van der Waals surface area contributed by atoms with E-state index in [9.17, 15) is 4.79 Å². The molecule has 1 aromatic rings. The normalized spacial score (nSPS) is 10.1. The van der Waals surface area contributed by atoms with Gasteiger partial charge in [0.05, 0.1) is 0 Å². The van der Waals surface area contributed by atoms with Gasteiger partial charge in [-0.1, -0.05) is 6.92 Å². The molecule has 0 aromatic carbocycles. The fourth-order valence-electron chi connectivity index (χ4n) is 1.40. The average Bonchev–Trinajstić information content (AvgIpc) is 2.53. The number of nitrogens with one attached hydrogen (secondary N) is 2. The second-order valence-electron chi connectivity index (χ2n) is 3.64. The number of aromatic nitrogens is 1. The highest BCUT2D eigenvalue weighted by Crippen LogP contribution is 2.03. The Hall–Kier alpha value is -1.45. The first-order valence-corrected chi connectivity index (χ1v) is 5.30. The Labute approximate surface area is 90.6 Å². The number of nitrogens with zero attached hydrogens (tertiary/aromatic N) is 1. The number of hydrogen-bond donors (Lipinski definition) is 2. The number of hydrogen-bond acceptors (Lipinski definition) is 2. The number of carbonyl (C=O) groups is 1. The lowest BCUT2D eigenvalue weighted by molar-refractivity contribution is -0.119. The molecule has 84 valence electrons. The van der Waals surface area contributed by atoms with Crippen molar-refractivity contribution in [1.29, 1.82) is 0 Å². The number of amides is 1. The molecule has 0 atom stereocenters. The van der Waals surface area contributed by atoms with Crippen LogP contribution in [0.1, 0.15) is 24.7 Å². The van der Waals surface area contributed by atoms with Crippen LogP contribution in [0, 0.1) is 13.8 Å². The van der Waals surface area contributed by atoms with Crippen molar-refractivity contribution in [1.82, 2.24) is 9.99 Å². The van der Waals surface area contributed by atoms with E-state index in [1.807, 2.05) is 37.6 Å². The summed E-state index contributed by atoms with van der Waals surface area (Å²) in [5.74, 6) is 0.0318. The molecule has 0 bridgehead atoms. The van der Waals surface area contributed by atoms with Crippen LogP contribution in [0.3, 0.4) is 0 Å². The quantitative estimate of drug-likeness (QED) is 0.764. The van der Waals surface area contributed by atoms with E-state index in [4.69, 9.17) is 0 Å². The predicted octanol–water partition coefficient (Wildman–Crippen LogP) is 1.17. The molecule has 0 saturated heterocycles. The summed E-state index contributed by atoms with van der Waals surface area (Å²) in [5, 5.41) is 2.82. The van der Waals surface area contributed by atoms with Gasteiger partial charge < -0.3 is 10.7 Å². The monoisotopic (exact) mass is 209 g/mol. The first kappa shape index (κ1) is 11.6. The highest BCUT2D eigenvalue weighted by Gasteiger charge is 2.02. The van der Waals surface area contributed by atoms with Crippen LogP contribution >= 0.6 is 0 Å². The van der Waals surface area contributed by atoms with Gasteiger partial charge in [0, 0.05) is 17.9 Å². The zero-order valence-electron chi connectivity index (χ0n) is 9.63. The van der Waals surface area contributed by atoms with Crippen molar-refractivity contribution in [2.24, 2.45) is 0 Å². The van der Waals surface area contributed by atoms with E-state index in [1.54, 1.807) is 0 Å². The zero-order chi connectivity index (χ0) is 11.3. The smallest absolute Gasteiger partial charge is 0.240 e. The van der Waals surface area contributed by atoms with Crippen molar-refractivity contribution in [3.63, 3.8) is 0 Å². The van der Waals surface area contributed by atoms with Gasteiger partial charge in [0.25, 0.3) is 0 Å². The molecule has 1 aromatic heterocycles. The molecule has 0 radical (unpaired) electrons. The molecule has 1 rings (SSSR count).